The zero-order chi connectivity index (χ0) is 15.8. The van der Waals surface area contributed by atoms with Gasteiger partial charge in [-0.05, 0) is 57.8 Å². The molecular weight excluding hydrogens is 264 g/mol. The van der Waals surface area contributed by atoms with E-state index >= 15 is 0 Å². The maximum Gasteiger partial charge on any atom is 0.129 e. The maximum atomic E-state index is 7.64. The number of benzene rings is 1. The SMILES string of the molecule is CCN(CCCN(C)C)Cc1ccc(OC)c(C(=N)N)c1. The lowest BCUT2D eigenvalue weighted by atomic mass is 10.1. The van der Waals surface area contributed by atoms with Gasteiger partial charge in [0.1, 0.15) is 11.6 Å². The number of ether oxygens (including phenoxy) is 1. The molecule has 0 atom stereocenters. The Morgan fingerprint density at radius 3 is 2.52 bits per heavy atom. The standard InChI is InChI=1S/C16H28N4O/c1-5-20(10-6-9-19(2)3)12-13-7-8-15(21-4)14(11-13)16(17)18/h7-8,11H,5-6,9-10,12H2,1-4H3,(H3,17,18). The van der Waals surface area contributed by atoms with Crippen LogP contribution in [0.3, 0.4) is 0 Å². The molecule has 0 aliphatic rings. The summed E-state index contributed by atoms with van der Waals surface area (Å²) in [7, 11) is 5.79. The number of nitrogens with one attached hydrogen (secondary N) is 1. The maximum absolute atomic E-state index is 7.64. The van der Waals surface area contributed by atoms with E-state index < -0.39 is 0 Å². The van der Waals surface area contributed by atoms with Gasteiger partial charge in [-0.15, -0.1) is 0 Å². The van der Waals surface area contributed by atoms with E-state index in [1.807, 2.05) is 18.2 Å². The normalized spacial score (nSPS) is 11.1. The van der Waals surface area contributed by atoms with Crippen LogP contribution in [0.25, 0.3) is 0 Å². The Labute approximate surface area is 128 Å². The minimum atomic E-state index is 0.0457. The summed E-state index contributed by atoms with van der Waals surface area (Å²) < 4.78 is 5.24. The van der Waals surface area contributed by atoms with E-state index in [-0.39, 0.29) is 5.84 Å². The first kappa shape index (κ1) is 17.5. The van der Waals surface area contributed by atoms with Gasteiger partial charge in [-0.25, -0.2) is 0 Å². The zero-order valence-electron chi connectivity index (χ0n) is 13.6. The lowest BCUT2D eigenvalue weighted by Gasteiger charge is -2.22. The summed E-state index contributed by atoms with van der Waals surface area (Å²) in [6.45, 7) is 6.21. The molecule has 0 radical (unpaired) electrons. The number of methoxy groups -OCH3 is 1. The van der Waals surface area contributed by atoms with Crippen molar-refractivity contribution in [3.05, 3.63) is 29.3 Å². The zero-order valence-corrected chi connectivity index (χ0v) is 13.6. The third-order valence-corrected chi connectivity index (χ3v) is 3.49. The predicted molar refractivity (Wildman–Crippen MR) is 88.1 cm³/mol. The lowest BCUT2D eigenvalue weighted by molar-refractivity contribution is 0.259. The van der Waals surface area contributed by atoms with Crippen LogP contribution >= 0.6 is 0 Å². The number of hydrogen-bond acceptors (Lipinski definition) is 4. The summed E-state index contributed by atoms with van der Waals surface area (Å²) >= 11 is 0. The molecule has 0 amide bonds. The molecule has 0 aliphatic carbocycles. The topological polar surface area (TPSA) is 65.6 Å². The molecular formula is C16H28N4O. The Balaban J connectivity index is 2.71. The smallest absolute Gasteiger partial charge is 0.129 e. The Morgan fingerprint density at radius 2 is 2.00 bits per heavy atom. The van der Waals surface area contributed by atoms with Crippen LogP contribution in [0.4, 0.5) is 0 Å². The Morgan fingerprint density at radius 1 is 1.29 bits per heavy atom. The summed E-state index contributed by atoms with van der Waals surface area (Å²) in [5.41, 5.74) is 7.45. The average molecular weight is 292 g/mol. The number of amidine groups is 1. The molecule has 21 heavy (non-hydrogen) atoms. The molecule has 0 spiro atoms. The minimum Gasteiger partial charge on any atom is -0.496 e. The van der Waals surface area contributed by atoms with E-state index in [1.165, 1.54) is 0 Å². The third-order valence-electron chi connectivity index (χ3n) is 3.49. The molecule has 1 aromatic rings. The summed E-state index contributed by atoms with van der Waals surface area (Å²) in [6.07, 6.45) is 1.15. The second kappa shape index (κ2) is 8.64. The molecule has 0 saturated carbocycles. The molecule has 5 heteroatoms. The van der Waals surface area contributed by atoms with Gasteiger partial charge in [0.25, 0.3) is 0 Å². The Kier molecular flexibility index (Phi) is 7.19. The van der Waals surface area contributed by atoms with Crippen molar-refractivity contribution in [2.24, 2.45) is 5.73 Å². The van der Waals surface area contributed by atoms with Crippen LogP contribution in [0.5, 0.6) is 5.75 Å². The van der Waals surface area contributed by atoms with E-state index in [0.717, 1.165) is 38.2 Å². The number of nitrogens with two attached hydrogens (primary N) is 1. The molecule has 118 valence electrons. The van der Waals surface area contributed by atoms with E-state index in [9.17, 15) is 0 Å². The van der Waals surface area contributed by atoms with Crippen LogP contribution in [0, 0.1) is 5.41 Å². The highest BCUT2D eigenvalue weighted by Gasteiger charge is 2.09. The van der Waals surface area contributed by atoms with Crippen LogP contribution < -0.4 is 10.5 Å². The first-order valence-corrected chi connectivity index (χ1v) is 7.36. The second-order valence-corrected chi connectivity index (χ2v) is 5.47. The first-order chi connectivity index (χ1) is 9.97. The molecule has 0 saturated heterocycles. The highest BCUT2D eigenvalue weighted by Crippen LogP contribution is 2.20. The van der Waals surface area contributed by atoms with Crippen molar-refractivity contribution in [3.8, 4) is 5.75 Å². The quantitative estimate of drug-likeness (QED) is 0.537. The van der Waals surface area contributed by atoms with E-state index in [1.54, 1.807) is 7.11 Å². The van der Waals surface area contributed by atoms with Crippen molar-refractivity contribution in [2.75, 3.05) is 40.8 Å². The van der Waals surface area contributed by atoms with Gasteiger partial charge in [-0.1, -0.05) is 13.0 Å². The van der Waals surface area contributed by atoms with Gasteiger partial charge >= 0.3 is 0 Å². The Hall–Kier alpha value is -1.59. The average Bonchev–Trinajstić information content (AvgIpc) is 2.45. The predicted octanol–water partition coefficient (Wildman–Crippen LogP) is 1.75. The number of nitrogen functional groups attached to an aromatic ring is 1. The van der Waals surface area contributed by atoms with Crippen molar-refractivity contribution in [3.63, 3.8) is 0 Å². The fourth-order valence-corrected chi connectivity index (χ4v) is 2.28. The van der Waals surface area contributed by atoms with Gasteiger partial charge in [0.15, 0.2) is 0 Å². The molecule has 3 N–H and O–H groups in total. The molecule has 0 heterocycles. The highest BCUT2D eigenvalue weighted by molar-refractivity contribution is 5.97. The molecule has 0 unspecified atom stereocenters. The largest absolute Gasteiger partial charge is 0.496 e. The Bertz CT molecular complexity index is 460. The van der Waals surface area contributed by atoms with E-state index in [4.69, 9.17) is 15.9 Å². The van der Waals surface area contributed by atoms with Gasteiger partial charge in [0.2, 0.25) is 0 Å². The van der Waals surface area contributed by atoms with Crippen molar-refractivity contribution in [1.29, 1.82) is 5.41 Å². The third kappa shape index (κ3) is 5.73. The fourth-order valence-electron chi connectivity index (χ4n) is 2.28. The minimum absolute atomic E-state index is 0.0457. The lowest BCUT2D eigenvalue weighted by Crippen LogP contribution is -2.27. The molecule has 5 nitrogen and oxygen atoms in total. The van der Waals surface area contributed by atoms with Crippen molar-refractivity contribution in [1.82, 2.24) is 9.80 Å². The van der Waals surface area contributed by atoms with Gasteiger partial charge in [-0.2, -0.15) is 0 Å². The monoisotopic (exact) mass is 292 g/mol. The van der Waals surface area contributed by atoms with Gasteiger partial charge in [0, 0.05) is 6.54 Å². The summed E-state index contributed by atoms with van der Waals surface area (Å²) in [5, 5.41) is 7.64. The van der Waals surface area contributed by atoms with Crippen LogP contribution in [-0.4, -0.2) is 56.5 Å². The van der Waals surface area contributed by atoms with Crippen LogP contribution in [0.1, 0.15) is 24.5 Å². The molecule has 0 aromatic heterocycles. The number of hydrogen-bond donors (Lipinski definition) is 2. The van der Waals surface area contributed by atoms with Crippen molar-refractivity contribution >= 4 is 5.84 Å². The van der Waals surface area contributed by atoms with Crippen LogP contribution in [-0.2, 0) is 6.54 Å². The molecule has 0 bridgehead atoms. The van der Waals surface area contributed by atoms with E-state index in [2.05, 4.69) is 30.8 Å². The van der Waals surface area contributed by atoms with Gasteiger partial charge in [-0.3, -0.25) is 10.3 Å². The number of nitrogens with zero attached hydrogens (tertiary/aromatic N) is 2. The summed E-state index contributed by atoms with van der Waals surface area (Å²) in [5.74, 6) is 0.700. The molecule has 1 rings (SSSR count). The van der Waals surface area contributed by atoms with Gasteiger partial charge in [0.05, 0.1) is 12.7 Å². The van der Waals surface area contributed by atoms with Crippen LogP contribution in [0.2, 0.25) is 0 Å². The van der Waals surface area contributed by atoms with E-state index in [0.29, 0.717) is 11.3 Å². The van der Waals surface area contributed by atoms with Crippen molar-refractivity contribution in [2.45, 2.75) is 19.9 Å². The first-order valence-electron chi connectivity index (χ1n) is 7.36. The van der Waals surface area contributed by atoms with Gasteiger partial charge < -0.3 is 15.4 Å². The molecule has 1 aromatic carbocycles. The summed E-state index contributed by atoms with van der Waals surface area (Å²) in [6, 6.07) is 5.88. The van der Waals surface area contributed by atoms with Crippen LogP contribution in [0.15, 0.2) is 18.2 Å². The molecule has 0 fully saturated rings. The highest BCUT2D eigenvalue weighted by atomic mass is 16.5. The molecule has 0 aliphatic heterocycles. The van der Waals surface area contributed by atoms with Crippen molar-refractivity contribution < 1.29 is 4.74 Å². The fraction of sp³-hybridized carbons (Fsp3) is 0.562. The second-order valence-electron chi connectivity index (χ2n) is 5.47. The summed E-state index contributed by atoms with van der Waals surface area (Å²) in [4.78, 5) is 4.60. The number of rotatable bonds is 9.